The molecule has 1 aliphatic heterocycles. The molecule has 1 aromatic carbocycles. The summed E-state index contributed by atoms with van der Waals surface area (Å²) in [7, 11) is 1.15. The standard InChI is InChI=1S/C16H16F4N4O/c1-22-14(16(18,19)20)10-12(21-22)15(25)24-8-6-23(7-9-24)13-5-3-2-4-11(13)17/h2-5,10H,6-9H2,1H3. The Kier molecular flexibility index (Phi) is 4.40. The molecule has 2 aromatic rings. The van der Waals surface area contributed by atoms with Crippen LogP contribution < -0.4 is 4.90 Å². The highest BCUT2D eigenvalue weighted by Gasteiger charge is 2.36. The lowest BCUT2D eigenvalue weighted by Crippen LogP contribution is -2.49. The lowest BCUT2D eigenvalue weighted by atomic mass is 10.2. The van der Waals surface area contributed by atoms with E-state index >= 15 is 0 Å². The van der Waals surface area contributed by atoms with Crippen LogP contribution >= 0.6 is 0 Å². The van der Waals surface area contributed by atoms with Crippen LogP contribution in [0.4, 0.5) is 23.2 Å². The van der Waals surface area contributed by atoms with Crippen LogP contribution in [0.15, 0.2) is 30.3 Å². The minimum absolute atomic E-state index is 0.242. The molecule has 1 fully saturated rings. The van der Waals surface area contributed by atoms with Crippen molar-refractivity contribution in [2.45, 2.75) is 6.18 Å². The van der Waals surface area contributed by atoms with Crippen LogP contribution in [0.5, 0.6) is 0 Å². The molecule has 3 rings (SSSR count). The highest BCUT2D eigenvalue weighted by Crippen LogP contribution is 2.29. The van der Waals surface area contributed by atoms with E-state index in [0.29, 0.717) is 23.5 Å². The Morgan fingerprint density at radius 1 is 1.12 bits per heavy atom. The SMILES string of the molecule is Cn1nc(C(=O)N2CCN(c3ccccc3F)CC2)cc1C(F)(F)F. The number of carbonyl (C=O) groups excluding carboxylic acids is 1. The number of aryl methyl sites for hydroxylation is 1. The number of piperazine rings is 1. The van der Waals surface area contributed by atoms with E-state index in [0.717, 1.165) is 13.1 Å². The van der Waals surface area contributed by atoms with E-state index in [-0.39, 0.29) is 24.6 Å². The third-order valence-electron chi connectivity index (χ3n) is 4.15. The van der Waals surface area contributed by atoms with Crippen LogP contribution in [0.2, 0.25) is 0 Å². The van der Waals surface area contributed by atoms with Crippen LogP contribution in [0, 0.1) is 5.82 Å². The predicted molar refractivity (Wildman–Crippen MR) is 82.7 cm³/mol. The molecule has 134 valence electrons. The molecule has 0 N–H and O–H groups in total. The number of halogens is 4. The summed E-state index contributed by atoms with van der Waals surface area (Å²) in [6.07, 6.45) is -4.57. The second kappa shape index (κ2) is 6.38. The molecule has 1 amide bonds. The molecule has 0 unspecified atom stereocenters. The molecule has 5 nitrogen and oxygen atoms in total. The fourth-order valence-corrected chi connectivity index (χ4v) is 2.86. The number of anilines is 1. The van der Waals surface area contributed by atoms with E-state index in [9.17, 15) is 22.4 Å². The highest BCUT2D eigenvalue weighted by molar-refractivity contribution is 5.92. The van der Waals surface area contributed by atoms with Gasteiger partial charge in [-0.15, -0.1) is 0 Å². The van der Waals surface area contributed by atoms with E-state index < -0.39 is 17.8 Å². The predicted octanol–water partition coefficient (Wildman–Crippen LogP) is 2.54. The van der Waals surface area contributed by atoms with Gasteiger partial charge in [-0.1, -0.05) is 12.1 Å². The molecular formula is C16H16F4N4O. The van der Waals surface area contributed by atoms with Crippen LogP contribution in [-0.4, -0.2) is 46.8 Å². The average molecular weight is 356 g/mol. The van der Waals surface area contributed by atoms with Gasteiger partial charge in [0, 0.05) is 39.3 Å². The number of rotatable bonds is 2. The third-order valence-corrected chi connectivity index (χ3v) is 4.15. The molecular weight excluding hydrogens is 340 g/mol. The number of hydrogen-bond donors (Lipinski definition) is 0. The Bertz CT molecular complexity index is 779. The maximum absolute atomic E-state index is 13.8. The van der Waals surface area contributed by atoms with Gasteiger partial charge in [0.05, 0.1) is 5.69 Å². The molecule has 0 atom stereocenters. The number of para-hydroxylation sites is 1. The smallest absolute Gasteiger partial charge is 0.366 e. The van der Waals surface area contributed by atoms with Gasteiger partial charge < -0.3 is 9.80 Å². The molecule has 2 heterocycles. The molecule has 0 saturated carbocycles. The van der Waals surface area contributed by atoms with Gasteiger partial charge in [0.2, 0.25) is 0 Å². The minimum Gasteiger partial charge on any atom is -0.366 e. The number of aromatic nitrogens is 2. The molecule has 9 heteroatoms. The van der Waals surface area contributed by atoms with E-state index in [1.54, 1.807) is 23.1 Å². The van der Waals surface area contributed by atoms with Gasteiger partial charge >= 0.3 is 6.18 Å². The van der Waals surface area contributed by atoms with Crippen molar-refractivity contribution < 1.29 is 22.4 Å². The summed E-state index contributed by atoms with van der Waals surface area (Å²) in [5.41, 5.74) is -0.762. The van der Waals surface area contributed by atoms with Crippen molar-refractivity contribution in [1.82, 2.24) is 14.7 Å². The van der Waals surface area contributed by atoms with Gasteiger partial charge in [0.1, 0.15) is 11.5 Å². The fourth-order valence-electron chi connectivity index (χ4n) is 2.86. The second-order valence-electron chi connectivity index (χ2n) is 5.77. The summed E-state index contributed by atoms with van der Waals surface area (Å²) in [5, 5.41) is 3.68. The lowest BCUT2D eigenvalue weighted by molar-refractivity contribution is -0.143. The molecule has 0 spiro atoms. The average Bonchev–Trinajstić information content (AvgIpc) is 2.97. The summed E-state index contributed by atoms with van der Waals surface area (Å²) >= 11 is 0. The van der Waals surface area contributed by atoms with Crippen molar-refractivity contribution in [3.8, 4) is 0 Å². The molecule has 0 aliphatic carbocycles. The van der Waals surface area contributed by atoms with E-state index in [1.807, 2.05) is 0 Å². The van der Waals surface area contributed by atoms with Crippen molar-refractivity contribution in [3.63, 3.8) is 0 Å². The zero-order valence-electron chi connectivity index (χ0n) is 13.4. The largest absolute Gasteiger partial charge is 0.433 e. The first kappa shape index (κ1) is 17.2. The first-order chi connectivity index (χ1) is 11.8. The molecule has 0 bridgehead atoms. The second-order valence-corrected chi connectivity index (χ2v) is 5.77. The Labute approximate surface area is 141 Å². The maximum atomic E-state index is 13.8. The summed E-state index contributed by atoms with van der Waals surface area (Å²) in [6.45, 7) is 1.35. The molecule has 1 saturated heterocycles. The van der Waals surface area contributed by atoms with E-state index in [2.05, 4.69) is 5.10 Å². The Morgan fingerprint density at radius 2 is 1.76 bits per heavy atom. The number of amides is 1. The summed E-state index contributed by atoms with van der Waals surface area (Å²) < 4.78 is 52.9. The fraction of sp³-hybridized carbons (Fsp3) is 0.375. The number of nitrogens with zero attached hydrogens (tertiary/aromatic N) is 4. The van der Waals surface area contributed by atoms with Gasteiger partial charge in [0.25, 0.3) is 5.91 Å². The highest BCUT2D eigenvalue weighted by atomic mass is 19.4. The first-order valence-corrected chi connectivity index (χ1v) is 7.67. The number of hydrogen-bond acceptors (Lipinski definition) is 3. The van der Waals surface area contributed by atoms with Crippen LogP contribution in [0.25, 0.3) is 0 Å². The zero-order chi connectivity index (χ0) is 18.2. The van der Waals surface area contributed by atoms with Gasteiger partial charge in [-0.05, 0) is 12.1 Å². The van der Waals surface area contributed by atoms with Crippen LogP contribution in [0.1, 0.15) is 16.2 Å². The quantitative estimate of drug-likeness (QED) is 0.777. The number of alkyl halides is 3. The zero-order valence-corrected chi connectivity index (χ0v) is 13.4. The molecule has 1 aliphatic rings. The molecule has 0 radical (unpaired) electrons. The topological polar surface area (TPSA) is 41.4 Å². The molecule has 1 aromatic heterocycles. The van der Waals surface area contributed by atoms with Crippen LogP contribution in [-0.2, 0) is 13.2 Å². The van der Waals surface area contributed by atoms with Gasteiger partial charge in [-0.2, -0.15) is 18.3 Å². The summed E-state index contributed by atoms with van der Waals surface area (Å²) in [4.78, 5) is 15.6. The third kappa shape index (κ3) is 3.45. The molecule has 25 heavy (non-hydrogen) atoms. The normalized spacial score (nSPS) is 15.6. The maximum Gasteiger partial charge on any atom is 0.433 e. The van der Waals surface area contributed by atoms with Crippen molar-refractivity contribution >= 4 is 11.6 Å². The minimum atomic E-state index is -4.57. The Morgan fingerprint density at radius 3 is 2.32 bits per heavy atom. The summed E-state index contributed by atoms with van der Waals surface area (Å²) in [5.74, 6) is -0.902. The lowest BCUT2D eigenvalue weighted by Gasteiger charge is -2.35. The Balaban J connectivity index is 1.69. The number of carbonyl (C=O) groups is 1. The van der Waals surface area contributed by atoms with Crippen molar-refractivity contribution in [2.75, 3.05) is 31.1 Å². The van der Waals surface area contributed by atoms with E-state index in [1.165, 1.54) is 11.0 Å². The summed E-state index contributed by atoms with van der Waals surface area (Å²) in [6, 6.07) is 7.09. The number of benzene rings is 1. The van der Waals surface area contributed by atoms with Gasteiger partial charge in [-0.3, -0.25) is 9.48 Å². The van der Waals surface area contributed by atoms with E-state index in [4.69, 9.17) is 0 Å². The van der Waals surface area contributed by atoms with Crippen LogP contribution in [0.3, 0.4) is 0 Å². The van der Waals surface area contributed by atoms with Crippen molar-refractivity contribution in [2.24, 2.45) is 7.05 Å². The Hall–Kier alpha value is -2.58. The first-order valence-electron chi connectivity index (χ1n) is 7.67. The van der Waals surface area contributed by atoms with Gasteiger partial charge in [-0.25, -0.2) is 4.39 Å². The van der Waals surface area contributed by atoms with Crippen molar-refractivity contribution in [1.29, 1.82) is 0 Å². The van der Waals surface area contributed by atoms with Crippen molar-refractivity contribution in [3.05, 3.63) is 47.5 Å². The van der Waals surface area contributed by atoms with Gasteiger partial charge in [0.15, 0.2) is 5.69 Å². The monoisotopic (exact) mass is 356 g/mol.